The number of rotatable bonds is 10. The van der Waals surface area contributed by atoms with Crippen LogP contribution in [0.4, 0.5) is 0 Å². The fourth-order valence-electron chi connectivity index (χ4n) is 6.31. The molecule has 7 rings (SSSR count). The lowest BCUT2D eigenvalue weighted by Crippen LogP contribution is -2.25. The van der Waals surface area contributed by atoms with Gasteiger partial charge in [-0.2, -0.15) is 0 Å². The first kappa shape index (κ1) is 31.5. The highest BCUT2D eigenvalue weighted by atomic mass is 31.2. The van der Waals surface area contributed by atoms with Gasteiger partial charge in [0.2, 0.25) is 0 Å². The van der Waals surface area contributed by atoms with E-state index in [0.717, 1.165) is 11.4 Å². The molecule has 0 aliphatic heterocycles. The third-order valence-electron chi connectivity index (χ3n) is 8.53. The van der Waals surface area contributed by atoms with Crippen LogP contribution >= 0.6 is 14.1 Å². The van der Waals surface area contributed by atoms with Crippen molar-refractivity contribution >= 4 is 45.9 Å². The highest BCUT2D eigenvalue weighted by molar-refractivity contribution is 7.87. The molecule has 0 radical (unpaired) electrons. The predicted octanol–water partition coefficient (Wildman–Crippen LogP) is 8.44. The van der Waals surface area contributed by atoms with Gasteiger partial charge in [0.25, 0.3) is 0 Å². The third kappa shape index (κ3) is 6.41. The number of pyridine rings is 1. The summed E-state index contributed by atoms with van der Waals surface area (Å²) < 4.78 is 11.3. The molecule has 0 amide bonds. The molecule has 0 spiro atoms. The second-order valence-electron chi connectivity index (χ2n) is 11.5. The van der Waals surface area contributed by atoms with Gasteiger partial charge in [-0.25, -0.2) is 0 Å². The van der Waals surface area contributed by atoms with Gasteiger partial charge in [0.05, 0.1) is 38.6 Å². The predicted molar refractivity (Wildman–Crippen MR) is 207 cm³/mol. The molecule has 7 aromatic rings. The zero-order valence-electron chi connectivity index (χ0n) is 26.7. The zero-order valence-corrected chi connectivity index (χ0v) is 28.5. The smallest absolute Gasteiger partial charge is 0.0808 e. The van der Waals surface area contributed by atoms with Gasteiger partial charge in [0.15, 0.2) is 0 Å². The van der Waals surface area contributed by atoms with Crippen LogP contribution in [0, 0.1) is 0 Å². The highest BCUT2D eigenvalue weighted by Gasteiger charge is 2.28. The topological polar surface area (TPSA) is 37.6 Å². The summed E-state index contributed by atoms with van der Waals surface area (Å²) in [5.74, 6) is 0. The molecule has 0 saturated heterocycles. The van der Waals surface area contributed by atoms with Crippen molar-refractivity contribution in [1.29, 1.82) is 0 Å². The molecule has 0 fully saturated rings. The Morgan fingerprint density at radius 2 is 0.521 bits per heavy atom. The first-order chi connectivity index (χ1) is 23.8. The molecule has 3 nitrogen and oxygen atoms in total. The molecule has 1 heterocycles. The molecular weight excluding hydrogens is 620 g/mol. The molecule has 234 valence electrons. The largest absolute Gasteiger partial charge is 0.283 e. The van der Waals surface area contributed by atoms with E-state index in [0.29, 0.717) is 13.1 Å². The molecule has 0 saturated carbocycles. The quantitative estimate of drug-likeness (QED) is 0.136. The summed E-state index contributed by atoms with van der Waals surface area (Å²) in [5.41, 5.74) is 1.89. The monoisotopic (exact) mass is 657 g/mol. The number of benzene rings is 6. The summed E-state index contributed by atoms with van der Waals surface area (Å²) in [5, 5.41) is 7.40. The van der Waals surface area contributed by atoms with E-state index in [1.165, 1.54) is 31.8 Å². The Labute approximate surface area is 284 Å². The van der Waals surface area contributed by atoms with Gasteiger partial charge >= 0.3 is 0 Å². The summed E-state index contributed by atoms with van der Waals surface area (Å²) in [4.78, 5) is 5.19. The number of hydrogen-bond donors (Lipinski definition) is 0. The van der Waals surface area contributed by atoms with E-state index in [4.69, 9.17) is 14.5 Å². The lowest BCUT2D eigenvalue weighted by atomic mass is 10.3. The Morgan fingerprint density at radius 1 is 0.292 bits per heavy atom. The van der Waals surface area contributed by atoms with Crippen LogP contribution in [0.1, 0.15) is 11.4 Å². The van der Waals surface area contributed by atoms with E-state index in [2.05, 4.69) is 200 Å². The van der Waals surface area contributed by atoms with Crippen LogP contribution in [0.3, 0.4) is 0 Å². The Hall–Kier alpha value is -5.07. The number of hydrogen-bond acceptors (Lipinski definition) is 3. The Balaban J connectivity index is 1.34. The Morgan fingerprint density at radius 3 is 0.750 bits per heavy atom. The molecule has 48 heavy (non-hydrogen) atoms. The Kier molecular flexibility index (Phi) is 9.71. The highest BCUT2D eigenvalue weighted by Crippen LogP contribution is 2.48. The minimum atomic E-state index is -2.33. The van der Waals surface area contributed by atoms with E-state index >= 15 is 0 Å². The van der Waals surface area contributed by atoms with Crippen molar-refractivity contribution < 1.29 is 0 Å². The minimum absolute atomic E-state index is 0.497. The van der Waals surface area contributed by atoms with Crippen molar-refractivity contribution in [1.82, 2.24) is 4.98 Å². The molecule has 1 aromatic heterocycles. The molecule has 0 N–H and O–H groups in total. The SMILES string of the molecule is c1ccc(P(=NCc2cccc(CN=P(c3ccccc3)(c3ccccc3)c3ccccc3)n2)(c2ccccc2)c2ccccc2)cc1. The van der Waals surface area contributed by atoms with Crippen molar-refractivity contribution in [3.05, 3.63) is 212 Å². The summed E-state index contributed by atoms with van der Waals surface area (Å²) in [6, 6.07) is 70.8. The lowest BCUT2D eigenvalue weighted by Gasteiger charge is -2.27. The van der Waals surface area contributed by atoms with Crippen LogP contribution in [0.15, 0.2) is 210 Å². The maximum Gasteiger partial charge on any atom is 0.0808 e. The van der Waals surface area contributed by atoms with Gasteiger partial charge in [-0.1, -0.05) is 188 Å². The van der Waals surface area contributed by atoms with E-state index in [1.54, 1.807) is 0 Å². The summed E-state index contributed by atoms with van der Waals surface area (Å²) in [7, 11) is -4.66. The summed E-state index contributed by atoms with van der Waals surface area (Å²) >= 11 is 0. The van der Waals surface area contributed by atoms with Gasteiger partial charge in [-0.05, 0) is 12.1 Å². The van der Waals surface area contributed by atoms with Crippen molar-refractivity contribution in [2.75, 3.05) is 0 Å². The van der Waals surface area contributed by atoms with E-state index in [-0.39, 0.29) is 0 Å². The number of nitrogens with zero attached hydrogens (tertiary/aromatic N) is 3. The standard InChI is InChI=1S/C43H37N3P2/c1-7-22-38(23-8-1)47(39-24-9-2-10-25-39,40-26-11-3-12-27-40)44-34-36-20-19-21-37(46-36)35-45-48(41-28-13-4-14-29-41,42-30-15-5-16-31-42)43-32-17-6-18-33-43/h1-33H,34-35H2. The van der Waals surface area contributed by atoms with Crippen molar-refractivity contribution in [3.8, 4) is 0 Å². The van der Waals surface area contributed by atoms with Crippen LogP contribution < -0.4 is 31.8 Å². The van der Waals surface area contributed by atoms with Gasteiger partial charge < -0.3 is 0 Å². The Bertz CT molecular complexity index is 1810. The normalized spacial score (nSPS) is 11.5. The first-order valence-corrected chi connectivity index (χ1v) is 19.7. The van der Waals surface area contributed by atoms with Crippen LogP contribution in [-0.4, -0.2) is 4.98 Å². The van der Waals surface area contributed by atoms with E-state index in [1.807, 2.05) is 0 Å². The maximum absolute atomic E-state index is 5.65. The van der Waals surface area contributed by atoms with E-state index in [9.17, 15) is 0 Å². The molecule has 0 aliphatic rings. The average Bonchev–Trinajstić information content (AvgIpc) is 3.18. The maximum atomic E-state index is 5.65. The van der Waals surface area contributed by atoms with Crippen LogP contribution in [-0.2, 0) is 13.1 Å². The molecule has 0 unspecified atom stereocenters. The molecule has 0 aliphatic carbocycles. The fraction of sp³-hybridized carbons (Fsp3) is 0.0465. The molecule has 0 atom stereocenters. The summed E-state index contributed by atoms with van der Waals surface area (Å²) in [6.45, 7) is 0.993. The summed E-state index contributed by atoms with van der Waals surface area (Å²) in [6.07, 6.45) is 0. The molecule has 6 aromatic carbocycles. The van der Waals surface area contributed by atoms with Crippen molar-refractivity contribution in [3.63, 3.8) is 0 Å². The van der Waals surface area contributed by atoms with Gasteiger partial charge in [0, 0.05) is 31.8 Å². The van der Waals surface area contributed by atoms with Crippen molar-refractivity contribution in [2.24, 2.45) is 9.49 Å². The molecular formula is C43H37N3P2. The van der Waals surface area contributed by atoms with Gasteiger partial charge in [-0.15, -0.1) is 0 Å². The number of aromatic nitrogens is 1. The second kappa shape index (κ2) is 14.8. The molecule has 0 bridgehead atoms. The average molecular weight is 658 g/mol. The fourth-order valence-corrected chi connectivity index (χ4v) is 13.4. The van der Waals surface area contributed by atoms with Crippen LogP contribution in [0.25, 0.3) is 0 Å². The van der Waals surface area contributed by atoms with Crippen molar-refractivity contribution in [2.45, 2.75) is 13.1 Å². The van der Waals surface area contributed by atoms with Crippen LogP contribution in [0.2, 0.25) is 0 Å². The lowest BCUT2D eigenvalue weighted by molar-refractivity contribution is 0.927. The first-order valence-electron chi connectivity index (χ1n) is 16.2. The van der Waals surface area contributed by atoms with Gasteiger partial charge in [0.1, 0.15) is 0 Å². The molecule has 5 heteroatoms. The third-order valence-corrected chi connectivity index (χ3v) is 15.9. The minimum Gasteiger partial charge on any atom is -0.283 e. The van der Waals surface area contributed by atoms with E-state index < -0.39 is 14.1 Å². The zero-order chi connectivity index (χ0) is 32.5. The second-order valence-corrected chi connectivity index (χ2v) is 17.7. The van der Waals surface area contributed by atoms with Gasteiger partial charge in [-0.3, -0.25) is 14.5 Å². The van der Waals surface area contributed by atoms with Crippen LogP contribution in [0.5, 0.6) is 0 Å².